The van der Waals surface area contributed by atoms with Crippen LogP contribution in [-0.2, 0) is 23.8 Å². The Labute approximate surface area is 237 Å². The highest BCUT2D eigenvalue weighted by Crippen LogP contribution is 2.26. The molecule has 0 aliphatic carbocycles. The van der Waals surface area contributed by atoms with Crippen LogP contribution < -0.4 is 11.1 Å². The Morgan fingerprint density at radius 3 is 2.00 bits per heavy atom. The summed E-state index contributed by atoms with van der Waals surface area (Å²) in [5.74, 6) is -4.04. The summed E-state index contributed by atoms with van der Waals surface area (Å²) in [6.45, 7) is 9.86. The van der Waals surface area contributed by atoms with Crippen molar-refractivity contribution in [2.75, 3.05) is 0 Å². The van der Waals surface area contributed by atoms with E-state index in [2.05, 4.69) is 15.5 Å². The van der Waals surface area contributed by atoms with Gasteiger partial charge in [0.2, 0.25) is 5.91 Å². The van der Waals surface area contributed by atoms with Gasteiger partial charge in [0.25, 0.3) is 0 Å². The lowest BCUT2D eigenvalue weighted by Crippen LogP contribution is -2.46. The summed E-state index contributed by atoms with van der Waals surface area (Å²) in [5.41, 5.74) is 3.99. The van der Waals surface area contributed by atoms with Gasteiger partial charge in [0.15, 0.2) is 0 Å². The molecule has 13 heteroatoms. The maximum Gasteiger partial charge on any atom is 0.408 e. The zero-order valence-corrected chi connectivity index (χ0v) is 23.7. The van der Waals surface area contributed by atoms with Crippen molar-refractivity contribution in [3.63, 3.8) is 0 Å². The summed E-state index contributed by atoms with van der Waals surface area (Å²) < 4.78 is 15.3. The van der Waals surface area contributed by atoms with Crippen molar-refractivity contribution in [3.05, 3.63) is 53.6 Å². The summed E-state index contributed by atoms with van der Waals surface area (Å²) in [4.78, 5) is 61.1. The molecule has 2 aromatic rings. The fourth-order valence-electron chi connectivity index (χ4n) is 3.10. The molecule has 1 atom stereocenters. The van der Waals surface area contributed by atoms with Gasteiger partial charge in [0.05, 0.1) is 11.4 Å². The van der Waals surface area contributed by atoms with E-state index in [4.69, 9.17) is 19.9 Å². The van der Waals surface area contributed by atoms with Gasteiger partial charge < -0.3 is 30.4 Å². The van der Waals surface area contributed by atoms with Crippen LogP contribution in [-0.4, -0.2) is 52.3 Å². The zero-order valence-electron chi connectivity index (χ0n) is 23.7. The number of alkyl carbamates (subject to hydrolysis) is 1. The summed E-state index contributed by atoms with van der Waals surface area (Å²) in [7, 11) is 0. The molecule has 13 nitrogen and oxygen atoms in total. The molecular weight excluding hydrogens is 536 g/mol. The number of benzene rings is 2. The van der Waals surface area contributed by atoms with Gasteiger partial charge in [-0.25, -0.2) is 14.4 Å². The molecule has 1 unspecified atom stereocenters. The van der Waals surface area contributed by atoms with Crippen molar-refractivity contribution >= 4 is 41.3 Å². The van der Waals surface area contributed by atoms with E-state index >= 15 is 0 Å². The Kier molecular flexibility index (Phi) is 10.7. The highest BCUT2D eigenvalue weighted by atomic mass is 16.6. The second kappa shape index (κ2) is 13.5. The number of phenolic OH excluding ortho intramolecular Hbond substituents is 1. The molecule has 2 rings (SSSR count). The van der Waals surface area contributed by atoms with E-state index in [1.807, 2.05) is 0 Å². The number of carbonyl (C=O) groups excluding carboxylic acids is 5. The Balaban J connectivity index is 2.07. The molecule has 0 heterocycles. The Morgan fingerprint density at radius 1 is 0.878 bits per heavy atom. The first kappa shape index (κ1) is 32.4. The van der Waals surface area contributed by atoms with E-state index < -0.39 is 59.3 Å². The first-order chi connectivity index (χ1) is 18.9. The van der Waals surface area contributed by atoms with Crippen molar-refractivity contribution in [1.82, 2.24) is 5.32 Å². The molecule has 0 spiro atoms. The SMILES string of the molecule is CC(C)(C)OC(=O)NC(CCC(=O)OC(=O)c1cc(N=Nc2ccc(C(N)=O)cc2)ccc1O)C(=O)OC(C)(C)C. The lowest BCUT2D eigenvalue weighted by molar-refractivity contribution is -0.157. The molecule has 41 heavy (non-hydrogen) atoms. The van der Waals surface area contributed by atoms with Crippen molar-refractivity contribution in [3.8, 4) is 5.75 Å². The molecule has 4 N–H and O–H groups in total. The fourth-order valence-corrected chi connectivity index (χ4v) is 3.10. The summed E-state index contributed by atoms with van der Waals surface area (Å²) in [6.07, 6.45) is -1.60. The van der Waals surface area contributed by atoms with Crippen molar-refractivity contribution in [2.45, 2.75) is 71.6 Å². The monoisotopic (exact) mass is 570 g/mol. The number of carbonyl (C=O) groups is 5. The second-order valence-corrected chi connectivity index (χ2v) is 10.8. The van der Waals surface area contributed by atoms with Gasteiger partial charge in [-0.3, -0.25) is 9.59 Å². The predicted molar refractivity (Wildman–Crippen MR) is 146 cm³/mol. The number of primary amides is 1. The molecule has 0 radical (unpaired) electrons. The lowest BCUT2D eigenvalue weighted by Gasteiger charge is -2.26. The van der Waals surface area contributed by atoms with Crippen LogP contribution in [0.3, 0.4) is 0 Å². The minimum Gasteiger partial charge on any atom is -0.507 e. The Bertz CT molecular complexity index is 1320. The van der Waals surface area contributed by atoms with Crippen LogP contribution in [0.4, 0.5) is 16.2 Å². The Hall–Kier alpha value is -4.81. The smallest absolute Gasteiger partial charge is 0.408 e. The fraction of sp³-hybridized carbons (Fsp3) is 0.393. The van der Waals surface area contributed by atoms with E-state index in [1.54, 1.807) is 41.5 Å². The van der Waals surface area contributed by atoms with Crippen LogP contribution in [0.25, 0.3) is 0 Å². The molecule has 0 saturated carbocycles. The van der Waals surface area contributed by atoms with Crippen LogP contribution in [0.2, 0.25) is 0 Å². The van der Waals surface area contributed by atoms with E-state index in [9.17, 15) is 29.1 Å². The maximum atomic E-state index is 12.6. The van der Waals surface area contributed by atoms with E-state index in [-0.39, 0.29) is 17.7 Å². The molecule has 0 saturated heterocycles. The second-order valence-electron chi connectivity index (χ2n) is 10.8. The topological polar surface area (TPSA) is 196 Å². The normalized spacial score (nSPS) is 12.3. The number of hydrogen-bond acceptors (Lipinski definition) is 11. The van der Waals surface area contributed by atoms with E-state index in [0.29, 0.717) is 11.3 Å². The number of hydrogen-bond donors (Lipinski definition) is 3. The van der Waals surface area contributed by atoms with E-state index in [0.717, 1.165) is 0 Å². The van der Waals surface area contributed by atoms with Gasteiger partial charge in [-0.15, -0.1) is 0 Å². The number of azo groups is 1. The highest BCUT2D eigenvalue weighted by Gasteiger charge is 2.30. The molecule has 0 bridgehead atoms. The van der Waals surface area contributed by atoms with Gasteiger partial charge >= 0.3 is 24.0 Å². The minimum absolute atomic E-state index is 0.160. The van der Waals surface area contributed by atoms with E-state index in [1.165, 1.54) is 42.5 Å². The average molecular weight is 571 g/mol. The van der Waals surface area contributed by atoms with Crippen LogP contribution in [0, 0.1) is 0 Å². The largest absolute Gasteiger partial charge is 0.507 e. The molecule has 2 aromatic carbocycles. The molecule has 220 valence electrons. The lowest BCUT2D eigenvalue weighted by atomic mass is 10.1. The van der Waals surface area contributed by atoms with Crippen molar-refractivity contribution in [2.24, 2.45) is 16.0 Å². The molecule has 0 fully saturated rings. The first-order valence-corrected chi connectivity index (χ1v) is 12.6. The van der Waals surface area contributed by atoms with Gasteiger partial charge in [0.1, 0.15) is 28.6 Å². The maximum absolute atomic E-state index is 12.6. The third-order valence-electron chi connectivity index (χ3n) is 4.86. The van der Waals surface area contributed by atoms with Crippen LogP contribution in [0.15, 0.2) is 52.7 Å². The number of amides is 2. The van der Waals surface area contributed by atoms with Crippen molar-refractivity contribution in [1.29, 1.82) is 0 Å². The number of aromatic hydroxyl groups is 1. The average Bonchev–Trinajstić information content (AvgIpc) is 2.84. The first-order valence-electron chi connectivity index (χ1n) is 12.6. The number of nitrogens with two attached hydrogens (primary N) is 1. The van der Waals surface area contributed by atoms with Crippen LogP contribution >= 0.6 is 0 Å². The highest BCUT2D eigenvalue weighted by molar-refractivity contribution is 5.99. The standard InChI is InChI=1S/C28H34N4O9/c1-27(2,3)40-25(37)20(30-26(38)41-28(4,5)6)12-14-22(34)39-24(36)19-15-18(11-13-21(19)33)32-31-17-9-7-16(8-10-17)23(29)35/h7-11,13,15,20,33H,12,14H2,1-6H3,(H2,29,35)(H,30,38). The van der Waals surface area contributed by atoms with Gasteiger partial charge in [0, 0.05) is 12.0 Å². The third kappa shape index (κ3) is 11.4. The number of phenols is 1. The quantitative estimate of drug-likeness (QED) is 0.167. The molecule has 0 aromatic heterocycles. The zero-order chi connectivity index (χ0) is 31.0. The number of ether oxygens (including phenoxy) is 3. The van der Waals surface area contributed by atoms with Crippen LogP contribution in [0.1, 0.15) is 75.1 Å². The van der Waals surface area contributed by atoms with Gasteiger partial charge in [-0.2, -0.15) is 10.2 Å². The number of nitrogens with one attached hydrogen (secondary N) is 1. The van der Waals surface area contributed by atoms with Gasteiger partial charge in [-0.1, -0.05) is 0 Å². The summed E-state index contributed by atoms with van der Waals surface area (Å²) in [5, 5.41) is 20.5. The molecule has 0 aliphatic rings. The number of rotatable bonds is 9. The number of esters is 3. The number of nitrogens with zero attached hydrogens (tertiary/aromatic N) is 2. The van der Waals surface area contributed by atoms with Crippen molar-refractivity contribution < 1.29 is 43.3 Å². The Morgan fingerprint density at radius 2 is 1.44 bits per heavy atom. The predicted octanol–water partition coefficient (Wildman–Crippen LogP) is 4.61. The van der Waals surface area contributed by atoms with Gasteiger partial charge in [-0.05, 0) is 90.4 Å². The summed E-state index contributed by atoms with van der Waals surface area (Å²) in [6, 6.07) is 8.43. The molecule has 2 amide bonds. The van der Waals surface area contributed by atoms with Crippen LogP contribution in [0.5, 0.6) is 5.75 Å². The summed E-state index contributed by atoms with van der Waals surface area (Å²) >= 11 is 0. The molecule has 0 aliphatic heterocycles. The minimum atomic E-state index is -1.26. The molecular formula is C28H34N4O9. The third-order valence-corrected chi connectivity index (χ3v) is 4.86.